The maximum absolute atomic E-state index is 9.55. The van der Waals surface area contributed by atoms with Crippen LogP contribution in [0.1, 0.15) is 26.7 Å². The van der Waals surface area contributed by atoms with E-state index in [1.54, 1.807) is 0 Å². The van der Waals surface area contributed by atoms with Crippen molar-refractivity contribution < 1.29 is 14.6 Å². The summed E-state index contributed by atoms with van der Waals surface area (Å²) in [5.74, 6) is 0. The van der Waals surface area contributed by atoms with Gasteiger partial charge in [-0.3, -0.25) is 0 Å². The molecule has 0 aromatic carbocycles. The molecule has 3 heteroatoms. The summed E-state index contributed by atoms with van der Waals surface area (Å²) in [5.41, 5.74) is 0. The van der Waals surface area contributed by atoms with Gasteiger partial charge >= 0.3 is 0 Å². The van der Waals surface area contributed by atoms with E-state index in [1.807, 2.05) is 13.8 Å². The zero-order chi connectivity index (χ0) is 8.97. The van der Waals surface area contributed by atoms with Gasteiger partial charge in [-0.05, 0) is 26.7 Å². The lowest BCUT2D eigenvalue weighted by Gasteiger charge is -2.18. The predicted octanol–water partition coefficient (Wildman–Crippen LogP) is 0.951. The Morgan fingerprint density at radius 2 is 2.33 bits per heavy atom. The summed E-state index contributed by atoms with van der Waals surface area (Å²) in [7, 11) is 0. The maximum atomic E-state index is 9.55. The highest BCUT2D eigenvalue weighted by Gasteiger charge is 2.24. The zero-order valence-electron chi connectivity index (χ0n) is 7.82. The molecule has 12 heavy (non-hydrogen) atoms. The number of ether oxygens (including phenoxy) is 2. The van der Waals surface area contributed by atoms with Crippen LogP contribution in [0.15, 0.2) is 0 Å². The highest BCUT2D eigenvalue weighted by Crippen LogP contribution is 2.15. The Bertz CT molecular complexity index is 119. The molecule has 0 aliphatic carbocycles. The fourth-order valence-corrected chi connectivity index (χ4v) is 1.30. The second kappa shape index (κ2) is 4.80. The van der Waals surface area contributed by atoms with Gasteiger partial charge in [0.25, 0.3) is 0 Å². The Hall–Kier alpha value is -0.120. The minimum Gasteiger partial charge on any atom is -0.388 e. The van der Waals surface area contributed by atoms with E-state index in [1.165, 1.54) is 0 Å². The first-order valence-electron chi connectivity index (χ1n) is 4.61. The lowest BCUT2D eigenvalue weighted by molar-refractivity contribution is -0.0608. The highest BCUT2D eigenvalue weighted by atomic mass is 16.5. The summed E-state index contributed by atoms with van der Waals surface area (Å²) in [6, 6.07) is 0. The Labute approximate surface area is 73.7 Å². The van der Waals surface area contributed by atoms with E-state index in [-0.39, 0.29) is 12.2 Å². The predicted molar refractivity (Wildman–Crippen MR) is 46.1 cm³/mol. The van der Waals surface area contributed by atoms with Crippen LogP contribution < -0.4 is 0 Å². The van der Waals surface area contributed by atoms with Crippen molar-refractivity contribution in [2.45, 2.75) is 45.0 Å². The second-order valence-corrected chi connectivity index (χ2v) is 3.50. The van der Waals surface area contributed by atoms with Crippen molar-refractivity contribution in [1.29, 1.82) is 0 Å². The van der Waals surface area contributed by atoms with Gasteiger partial charge in [-0.1, -0.05) is 0 Å². The first-order chi connectivity index (χ1) is 5.70. The van der Waals surface area contributed by atoms with E-state index < -0.39 is 6.10 Å². The molecule has 0 spiro atoms. The van der Waals surface area contributed by atoms with Crippen LogP contribution in [0.4, 0.5) is 0 Å². The lowest BCUT2D eigenvalue weighted by atomic mass is 10.1. The Balaban J connectivity index is 2.13. The summed E-state index contributed by atoms with van der Waals surface area (Å²) in [6.45, 7) is 5.09. The van der Waals surface area contributed by atoms with Crippen LogP contribution in [-0.4, -0.2) is 36.6 Å². The fraction of sp³-hybridized carbons (Fsp3) is 1.00. The average molecular weight is 174 g/mol. The van der Waals surface area contributed by atoms with Crippen LogP contribution in [0.5, 0.6) is 0 Å². The smallest absolute Gasteiger partial charge is 0.103 e. The third-order valence-corrected chi connectivity index (χ3v) is 1.99. The van der Waals surface area contributed by atoms with Gasteiger partial charge in [0, 0.05) is 6.61 Å². The summed E-state index contributed by atoms with van der Waals surface area (Å²) < 4.78 is 10.6. The first kappa shape index (κ1) is 9.96. The number of rotatable bonds is 4. The molecule has 1 aliphatic heterocycles. The van der Waals surface area contributed by atoms with Gasteiger partial charge in [0.1, 0.15) is 6.10 Å². The van der Waals surface area contributed by atoms with E-state index >= 15 is 0 Å². The Morgan fingerprint density at radius 3 is 2.83 bits per heavy atom. The molecule has 1 saturated heterocycles. The third-order valence-electron chi connectivity index (χ3n) is 1.99. The van der Waals surface area contributed by atoms with Crippen LogP contribution in [0.2, 0.25) is 0 Å². The van der Waals surface area contributed by atoms with E-state index in [0.29, 0.717) is 6.61 Å². The van der Waals surface area contributed by atoms with Crippen molar-refractivity contribution in [3.8, 4) is 0 Å². The largest absolute Gasteiger partial charge is 0.388 e. The molecule has 0 saturated carbocycles. The van der Waals surface area contributed by atoms with Crippen molar-refractivity contribution in [2.75, 3.05) is 13.2 Å². The van der Waals surface area contributed by atoms with Crippen molar-refractivity contribution in [3.05, 3.63) is 0 Å². The molecule has 1 heterocycles. The molecule has 1 N–H and O–H groups in total. The van der Waals surface area contributed by atoms with Gasteiger partial charge in [-0.15, -0.1) is 0 Å². The third kappa shape index (κ3) is 3.09. The molecule has 2 atom stereocenters. The molecular formula is C9H18O3. The Kier molecular flexibility index (Phi) is 3.98. The van der Waals surface area contributed by atoms with Gasteiger partial charge in [-0.2, -0.15) is 0 Å². The van der Waals surface area contributed by atoms with Crippen molar-refractivity contribution >= 4 is 0 Å². The zero-order valence-corrected chi connectivity index (χ0v) is 7.82. The SMILES string of the molecule is CC(C)OCC(O)C1CCCO1. The molecule has 0 bridgehead atoms. The van der Waals surface area contributed by atoms with Gasteiger partial charge in [0.05, 0.1) is 18.8 Å². The van der Waals surface area contributed by atoms with Crippen LogP contribution in [0, 0.1) is 0 Å². The van der Waals surface area contributed by atoms with E-state index in [0.717, 1.165) is 19.4 Å². The minimum atomic E-state index is -0.449. The van der Waals surface area contributed by atoms with E-state index in [2.05, 4.69) is 0 Å². The fourth-order valence-electron chi connectivity index (χ4n) is 1.30. The van der Waals surface area contributed by atoms with Crippen molar-refractivity contribution in [1.82, 2.24) is 0 Å². The Morgan fingerprint density at radius 1 is 1.58 bits per heavy atom. The van der Waals surface area contributed by atoms with E-state index in [4.69, 9.17) is 9.47 Å². The molecule has 0 aromatic heterocycles. The van der Waals surface area contributed by atoms with E-state index in [9.17, 15) is 5.11 Å². The van der Waals surface area contributed by atoms with Crippen molar-refractivity contribution in [2.24, 2.45) is 0 Å². The summed E-state index contributed by atoms with van der Waals surface area (Å²) in [4.78, 5) is 0. The van der Waals surface area contributed by atoms with Crippen LogP contribution in [0.25, 0.3) is 0 Å². The molecule has 1 fully saturated rings. The van der Waals surface area contributed by atoms with Crippen LogP contribution in [0.3, 0.4) is 0 Å². The quantitative estimate of drug-likeness (QED) is 0.689. The molecular weight excluding hydrogens is 156 g/mol. The lowest BCUT2D eigenvalue weighted by Crippen LogP contribution is -2.30. The maximum Gasteiger partial charge on any atom is 0.103 e. The molecule has 0 radical (unpaired) electrons. The molecule has 1 aliphatic rings. The molecule has 2 unspecified atom stereocenters. The van der Waals surface area contributed by atoms with Crippen LogP contribution in [-0.2, 0) is 9.47 Å². The topological polar surface area (TPSA) is 38.7 Å². The highest BCUT2D eigenvalue weighted by molar-refractivity contribution is 4.73. The molecule has 72 valence electrons. The van der Waals surface area contributed by atoms with Gasteiger partial charge < -0.3 is 14.6 Å². The monoisotopic (exact) mass is 174 g/mol. The standard InChI is InChI=1S/C9H18O3/c1-7(2)12-6-8(10)9-4-3-5-11-9/h7-10H,3-6H2,1-2H3. The number of hydrogen-bond donors (Lipinski definition) is 1. The molecule has 1 rings (SSSR count). The molecule has 3 nitrogen and oxygen atoms in total. The summed E-state index contributed by atoms with van der Waals surface area (Å²) in [5, 5.41) is 9.55. The van der Waals surface area contributed by atoms with Gasteiger partial charge in [0.15, 0.2) is 0 Å². The van der Waals surface area contributed by atoms with Gasteiger partial charge in [-0.25, -0.2) is 0 Å². The average Bonchev–Trinajstić information content (AvgIpc) is 2.51. The summed E-state index contributed by atoms with van der Waals surface area (Å²) in [6.07, 6.45) is 1.76. The van der Waals surface area contributed by atoms with Crippen LogP contribution >= 0.6 is 0 Å². The van der Waals surface area contributed by atoms with Gasteiger partial charge in [0.2, 0.25) is 0 Å². The number of aliphatic hydroxyl groups is 1. The van der Waals surface area contributed by atoms with Crippen molar-refractivity contribution in [3.63, 3.8) is 0 Å². The molecule has 0 amide bonds. The summed E-state index contributed by atoms with van der Waals surface area (Å²) >= 11 is 0. The minimum absolute atomic E-state index is 0.00347. The second-order valence-electron chi connectivity index (χ2n) is 3.50. The normalized spacial score (nSPS) is 26.5. The number of aliphatic hydroxyl groups excluding tert-OH is 1. The molecule has 0 aromatic rings. The number of hydrogen-bond acceptors (Lipinski definition) is 3. The first-order valence-corrected chi connectivity index (χ1v) is 4.61.